The van der Waals surface area contributed by atoms with Gasteiger partial charge in [-0.1, -0.05) is 129 Å². The second-order valence-electron chi connectivity index (χ2n) is 11.3. The lowest BCUT2D eigenvalue weighted by Crippen LogP contribution is -2.52. The molecule has 45 heavy (non-hydrogen) atoms. The number of hydrogen-bond acceptors (Lipinski definition) is 6. The molecule has 0 aliphatic rings. The average molecular weight is 609 g/mol. The Kier molecular flexibility index (Phi) is 12.3. The first kappa shape index (κ1) is 33.0. The summed E-state index contributed by atoms with van der Waals surface area (Å²) in [5.41, 5.74) is 4.53. The third kappa shape index (κ3) is 10.6. The number of nitrogens with one attached hydrogen (secondary N) is 1. The highest BCUT2D eigenvalue weighted by Gasteiger charge is 2.29. The number of rotatable bonds is 14. The standard InChI is InChI=1S/C37H40N2O6/c1-27(2)23-39(24-34(40)36(42)45-26-30-14-8-4-9-15-30)37(43)38-33(35(41)44-25-29-12-6-3-7-13-29)22-28-18-20-32(21-19-28)31-16-10-5-11-17-31/h3-21,27,33-34,40H,22-26H2,1-2H3,(H,38,43)/t33-,34?/m0/s1. The van der Waals surface area contributed by atoms with Gasteiger partial charge in [-0.05, 0) is 33.7 Å². The monoisotopic (exact) mass is 608 g/mol. The van der Waals surface area contributed by atoms with Gasteiger partial charge in [0.15, 0.2) is 6.10 Å². The number of amides is 2. The van der Waals surface area contributed by atoms with Crippen LogP contribution in [0.15, 0.2) is 115 Å². The predicted octanol–water partition coefficient (Wildman–Crippen LogP) is 5.78. The SMILES string of the molecule is CC(C)CN(CC(O)C(=O)OCc1ccccc1)C(=O)N[C@@H](Cc1ccc(-c2ccccc2)cc1)C(=O)OCc1ccccc1. The third-order valence-electron chi connectivity index (χ3n) is 7.07. The number of hydrogen-bond donors (Lipinski definition) is 2. The molecule has 0 aromatic heterocycles. The van der Waals surface area contributed by atoms with Crippen molar-refractivity contribution in [2.75, 3.05) is 13.1 Å². The average Bonchev–Trinajstić information content (AvgIpc) is 3.06. The maximum absolute atomic E-state index is 13.6. The van der Waals surface area contributed by atoms with E-state index in [2.05, 4.69) is 5.32 Å². The van der Waals surface area contributed by atoms with Crippen LogP contribution in [-0.4, -0.2) is 53.2 Å². The van der Waals surface area contributed by atoms with Crippen LogP contribution in [0, 0.1) is 5.92 Å². The Hall–Kier alpha value is -4.95. The lowest BCUT2D eigenvalue weighted by molar-refractivity contribution is -0.155. The van der Waals surface area contributed by atoms with E-state index in [1.165, 1.54) is 4.90 Å². The molecular weight excluding hydrogens is 568 g/mol. The summed E-state index contributed by atoms with van der Waals surface area (Å²) in [5, 5.41) is 13.5. The molecule has 0 aliphatic heterocycles. The lowest BCUT2D eigenvalue weighted by atomic mass is 10.0. The minimum Gasteiger partial charge on any atom is -0.459 e. The fourth-order valence-electron chi connectivity index (χ4n) is 4.75. The van der Waals surface area contributed by atoms with Crippen LogP contribution in [0.2, 0.25) is 0 Å². The topological polar surface area (TPSA) is 105 Å². The zero-order chi connectivity index (χ0) is 32.0. The van der Waals surface area contributed by atoms with Gasteiger partial charge in [0.1, 0.15) is 19.3 Å². The Labute approximate surface area is 264 Å². The van der Waals surface area contributed by atoms with Crippen molar-refractivity contribution in [2.24, 2.45) is 5.92 Å². The maximum atomic E-state index is 13.6. The van der Waals surface area contributed by atoms with Crippen LogP contribution >= 0.6 is 0 Å². The Morgan fingerprint density at radius 3 is 1.67 bits per heavy atom. The summed E-state index contributed by atoms with van der Waals surface area (Å²) in [6, 6.07) is 34.6. The molecule has 4 aromatic carbocycles. The minimum absolute atomic E-state index is 0.00546. The molecule has 2 atom stereocenters. The molecule has 8 nitrogen and oxygen atoms in total. The molecular formula is C37H40N2O6. The van der Waals surface area contributed by atoms with Crippen molar-refractivity contribution < 1.29 is 29.0 Å². The Bertz CT molecular complexity index is 1490. The minimum atomic E-state index is -1.56. The van der Waals surface area contributed by atoms with Gasteiger partial charge in [-0.2, -0.15) is 0 Å². The van der Waals surface area contributed by atoms with E-state index < -0.39 is 30.1 Å². The van der Waals surface area contributed by atoms with Crippen molar-refractivity contribution in [3.05, 3.63) is 132 Å². The predicted molar refractivity (Wildman–Crippen MR) is 173 cm³/mol. The Morgan fingerprint density at radius 2 is 1.13 bits per heavy atom. The van der Waals surface area contributed by atoms with Crippen molar-refractivity contribution in [3.8, 4) is 11.1 Å². The van der Waals surface area contributed by atoms with E-state index >= 15 is 0 Å². The normalized spacial score (nSPS) is 12.2. The summed E-state index contributed by atoms with van der Waals surface area (Å²) >= 11 is 0. The number of ether oxygens (including phenoxy) is 2. The fraction of sp³-hybridized carbons (Fsp3) is 0.270. The Morgan fingerprint density at radius 1 is 0.644 bits per heavy atom. The van der Waals surface area contributed by atoms with E-state index in [-0.39, 0.29) is 38.6 Å². The number of aliphatic hydroxyl groups is 1. The molecule has 2 N–H and O–H groups in total. The molecule has 0 fully saturated rings. The van der Waals surface area contributed by atoms with Crippen LogP contribution in [0.1, 0.15) is 30.5 Å². The van der Waals surface area contributed by atoms with Gasteiger partial charge in [-0.15, -0.1) is 0 Å². The molecule has 4 rings (SSSR count). The van der Waals surface area contributed by atoms with E-state index in [4.69, 9.17) is 9.47 Å². The largest absolute Gasteiger partial charge is 0.459 e. The molecule has 1 unspecified atom stereocenters. The van der Waals surface area contributed by atoms with Crippen molar-refractivity contribution in [1.82, 2.24) is 10.2 Å². The molecule has 2 amide bonds. The molecule has 234 valence electrons. The number of benzene rings is 4. The summed E-state index contributed by atoms with van der Waals surface area (Å²) in [6.07, 6.45) is -1.38. The number of carbonyl (C=O) groups excluding carboxylic acids is 3. The van der Waals surface area contributed by atoms with Crippen LogP contribution in [0.5, 0.6) is 0 Å². The number of aliphatic hydroxyl groups excluding tert-OH is 1. The van der Waals surface area contributed by atoms with E-state index in [1.54, 1.807) is 0 Å². The van der Waals surface area contributed by atoms with Crippen molar-refractivity contribution in [2.45, 2.75) is 45.6 Å². The molecule has 0 spiro atoms. The van der Waals surface area contributed by atoms with E-state index in [0.717, 1.165) is 27.8 Å². The zero-order valence-electron chi connectivity index (χ0n) is 25.7. The quantitative estimate of drug-likeness (QED) is 0.176. The second-order valence-corrected chi connectivity index (χ2v) is 11.3. The van der Waals surface area contributed by atoms with Gasteiger partial charge >= 0.3 is 18.0 Å². The van der Waals surface area contributed by atoms with Crippen molar-refractivity contribution in [1.29, 1.82) is 0 Å². The highest BCUT2D eigenvalue weighted by Crippen LogP contribution is 2.20. The number of esters is 2. The molecule has 8 heteroatoms. The summed E-state index contributed by atoms with van der Waals surface area (Å²) in [6.45, 7) is 3.84. The smallest absolute Gasteiger partial charge is 0.337 e. The Balaban J connectivity index is 1.45. The molecule has 4 aromatic rings. The van der Waals surface area contributed by atoms with E-state index in [9.17, 15) is 19.5 Å². The molecule has 0 radical (unpaired) electrons. The first-order valence-corrected chi connectivity index (χ1v) is 15.1. The van der Waals surface area contributed by atoms with E-state index in [0.29, 0.717) is 0 Å². The molecule has 0 saturated heterocycles. The summed E-state index contributed by atoms with van der Waals surface area (Å²) in [4.78, 5) is 40.8. The van der Waals surface area contributed by atoms with E-state index in [1.807, 2.05) is 129 Å². The van der Waals surface area contributed by atoms with Crippen LogP contribution in [0.4, 0.5) is 4.79 Å². The van der Waals surface area contributed by atoms with Crippen LogP contribution in [-0.2, 0) is 38.7 Å². The third-order valence-corrected chi connectivity index (χ3v) is 7.07. The molecule has 0 bridgehead atoms. The van der Waals surface area contributed by atoms with Gasteiger partial charge in [0, 0.05) is 13.0 Å². The van der Waals surface area contributed by atoms with Gasteiger partial charge < -0.3 is 24.8 Å². The molecule has 0 aliphatic carbocycles. The zero-order valence-corrected chi connectivity index (χ0v) is 25.7. The van der Waals surface area contributed by atoms with Crippen LogP contribution in [0.25, 0.3) is 11.1 Å². The van der Waals surface area contributed by atoms with Gasteiger partial charge in [-0.25, -0.2) is 14.4 Å². The number of carbonyl (C=O) groups is 3. The summed E-state index contributed by atoms with van der Waals surface area (Å²) in [5.74, 6) is -1.40. The first-order chi connectivity index (χ1) is 21.8. The van der Waals surface area contributed by atoms with Gasteiger partial charge in [0.2, 0.25) is 0 Å². The summed E-state index contributed by atoms with van der Waals surface area (Å²) in [7, 11) is 0. The van der Waals surface area contributed by atoms with Gasteiger partial charge in [-0.3, -0.25) is 0 Å². The highest BCUT2D eigenvalue weighted by atomic mass is 16.5. The summed E-state index contributed by atoms with van der Waals surface area (Å²) < 4.78 is 10.9. The molecule has 0 saturated carbocycles. The van der Waals surface area contributed by atoms with Crippen molar-refractivity contribution in [3.63, 3.8) is 0 Å². The van der Waals surface area contributed by atoms with Crippen molar-refractivity contribution >= 4 is 18.0 Å². The fourth-order valence-corrected chi connectivity index (χ4v) is 4.75. The first-order valence-electron chi connectivity index (χ1n) is 15.1. The second kappa shape index (κ2) is 16.8. The number of nitrogens with zero attached hydrogens (tertiary/aromatic N) is 1. The highest BCUT2D eigenvalue weighted by molar-refractivity contribution is 5.84. The van der Waals surface area contributed by atoms with Gasteiger partial charge in [0.05, 0.1) is 6.54 Å². The van der Waals surface area contributed by atoms with Crippen LogP contribution < -0.4 is 5.32 Å². The lowest BCUT2D eigenvalue weighted by Gasteiger charge is -2.28. The van der Waals surface area contributed by atoms with Gasteiger partial charge in [0.25, 0.3) is 0 Å². The van der Waals surface area contributed by atoms with Crippen LogP contribution in [0.3, 0.4) is 0 Å². The maximum Gasteiger partial charge on any atom is 0.337 e. The number of urea groups is 1. The molecule has 0 heterocycles.